The van der Waals surface area contributed by atoms with Crippen molar-refractivity contribution < 1.29 is 27.8 Å². The molecule has 0 bridgehead atoms. The molecule has 5 aromatic rings. The maximum atomic E-state index is 15.5. The van der Waals surface area contributed by atoms with Gasteiger partial charge >= 0.3 is 6.18 Å². The van der Waals surface area contributed by atoms with Gasteiger partial charge < -0.3 is 20.1 Å². The molecule has 3 aromatic carbocycles. The van der Waals surface area contributed by atoms with E-state index in [1.165, 1.54) is 18.2 Å². The molecule has 1 atom stereocenters. The van der Waals surface area contributed by atoms with E-state index in [0.29, 0.717) is 45.3 Å². The summed E-state index contributed by atoms with van der Waals surface area (Å²) < 4.78 is 56.9. The Morgan fingerprint density at radius 3 is 2.26 bits per heavy atom. The maximum Gasteiger partial charge on any atom is 0.416 e. The Morgan fingerprint density at radius 2 is 1.65 bits per heavy atom. The first-order valence-electron chi connectivity index (χ1n) is 14.0. The number of halogens is 4. The van der Waals surface area contributed by atoms with E-state index in [0.717, 1.165) is 31.4 Å². The molecule has 43 heavy (non-hydrogen) atoms. The van der Waals surface area contributed by atoms with Gasteiger partial charge in [-0.15, -0.1) is 0 Å². The molecular weight excluding hydrogens is 562 g/mol. The molecule has 1 aliphatic rings. The van der Waals surface area contributed by atoms with Crippen molar-refractivity contribution in [3.8, 4) is 22.5 Å². The Hall–Kier alpha value is -4.35. The van der Waals surface area contributed by atoms with Crippen LogP contribution in [0, 0.1) is 11.7 Å². The van der Waals surface area contributed by atoms with Gasteiger partial charge in [-0.3, -0.25) is 0 Å². The normalized spacial score (nSPS) is 14.7. The zero-order valence-corrected chi connectivity index (χ0v) is 23.2. The van der Waals surface area contributed by atoms with Gasteiger partial charge in [0.1, 0.15) is 17.2 Å². The Bertz CT molecular complexity index is 1750. The van der Waals surface area contributed by atoms with Crippen molar-refractivity contribution in [1.82, 2.24) is 19.5 Å². The average molecular weight is 592 g/mol. The smallest absolute Gasteiger partial charge is 0.365 e. The number of alkyl halides is 3. The Labute approximate surface area is 244 Å². The maximum absolute atomic E-state index is 15.5. The highest BCUT2D eigenvalue weighted by molar-refractivity contribution is 5.87. The number of nitrogens with zero attached hydrogens (tertiary/aromatic N) is 4. The van der Waals surface area contributed by atoms with Crippen LogP contribution in [0.5, 0.6) is 0 Å². The van der Waals surface area contributed by atoms with Crippen molar-refractivity contribution in [1.29, 1.82) is 0 Å². The molecule has 2 heterocycles. The SMILES string of the molecule is C[C@@H](Nc1nc(C(O)O)nc2nc(-c3ccc(-c4ccccc4)c(F)c3)n(Cc3ccc(C(F)(F)F)cc3)c12)C1CCC1. The molecular formula is C32H29F4N5O2. The van der Waals surface area contributed by atoms with Gasteiger partial charge in [-0.2, -0.15) is 13.2 Å². The topological polar surface area (TPSA) is 96.1 Å². The second-order valence-electron chi connectivity index (χ2n) is 10.9. The third-order valence-corrected chi connectivity index (χ3v) is 8.01. The van der Waals surface area contributed by atoms with E-state index in [4.69, 9.17) is 0 Å². The number of hydrogen-bond acceptors (Lipinski definition) is 6. The lowest BCUT2D eigenvalue weighted by Gasteiger charge is -2.32. The molecule has 0 radical (unpaired) electrons. The van der Waals surface area contributed by atoms with E-state index in [-0.39, 0.29) is 24.1 Å². The fourth-order valence-electron chi connectivity index (χ4n) is 5.40. The number of anilines is 1. The molecule has 0 amide bonds. The minimum Gasteiger partial charge on any atom is -0.365 e. The molecule has 11 heteroatoms. The summed E-state index contributed by atoms with van der Waals surface area (Å²) in [6.45, 7) is 2.09. The number of fused-ring (bicyclic) bond motifs is 1. The monoisotopic (exact) mass is 591 g/mol. The van der Waals surface area contributed by atoms with E-state index in [1.54, 1.807) is 28.8 Å². The second-order valence-corrected chi connectivity index (χ2v) is 10.9. The number of benzene rings is 3. The van der Waals surface area contributed by atoms with Gasteiger partial charge in [0.25, 0.3) is 0 Å². The highest BCUT2D eigenvalue weighted by Crippen LogP contribution is 2.36. The number of aromatic nitrogens is 4. The van der Waals surface area contributed by atoms with Crippen LogP contribution in [0.25, 0.3) is 33.7 Å². The molecule has 0 saturated heterocycles. The van der Waals surface area contributed by atoms with Gasteiger partial charge in [0, 0.05) is 23.7 Å². The number of hydrogen-bond donors (Lipinski definition) is 3. The molecule has 222 valence electrons. The molecule has 1 saturated carbocycles. The lowest BCUT2D eigenvalue weighted by atomic mass is 9.80. The van der Waals surface area contributed by atoms with Crippen LogP contribution < -0.4 is 5.32 Å². The number of aliphatic hydroxyl groups excluding tert-OH is 1. The summed E-state index contributed by atoms with van der Waals surface area (Å²) in [5.74, 6) is 0.266. The van der Waals surface area contributed by atoms with Gasteiger partial charge in [-0.25, -0.2) is 19.3 Å². The van der Waals surface area contributed by atoms with Crippen molar-refractivity contribution in [2.45, 2.75) is 51.2 Å². The van der Waals surface area contributed by atoms with Crippen molar-refractivity contribution in [3.05, 3.63) is 95.6 Å². The van der Waals surface area contributed by atoms with E-state index in [9.17, 15) is 23.4 Å². The van der Waals surface area contributed by atoms with Crippen molar-refractivity contribution >= 4 is 17.0 Å². The molecule has 0 unspecified atom stereocenters. The molecule has 6 rings (SSSR count). The van der Waals surface area contributed by atoms with Crippen LogP contribution in [0.15, 0.2) is 72.8 Å². The highest BCUT2D eigenvalue weighted by atomic mass is 19.4. The van der Waals surface area contributed by atoms with Crippen LogP contribution in [0.1, 0.15) is 49.4 Å². The van der Waals surface area contributed by atoms with Crippen LogP contribution in [-0.4, -0.2) is 35.8 Å². The highest BCUT2D eigenvalue weighted by Gasteiger charge is 2.30. The summed E-state index contributed by atoms with van der Waals surface area (Å²) >= 11 is 0. The summed E-state index contributed by atoms with van der Waals surface area (Å²) in [5, 5.41) is 23.2. The first-order chi connectivity index (χ1) is 20.6. The predicted molar refractivity (Wildman–Crippen MR) is 154 cm³/mol. The zero-order valence-electron chi connectivity index (χ0n) is 23.2. The lowest BCUT2D eigenvalue weighted by Crippen LogP contribution is -2.31. The lowest BCUT2D eigenvalue weighted by molar-refractivity contribution is -0.137. The fraction of sp³-hybridized carbons (Fsp3) is 0.281. The molecule has 1 fully saturated rings. The fourth-order valence-corrected chi connectivity index (χ4v) is 5.40. The minimum absolute atomic E-state index is 0.00370. The number of nitrogens with one attached hydrogen (secondary N) is 1. The van der Waals surface area contributed by atoms with Crippen LogP contribution in [-0.2, 0) is 12.7 Å². The van der Waals surface area contributed by atoms with Crippen molar-refractivity contribution in [2.75, 3.05) is 5.32 Å². The van der Waals surface area contributed by atoms with Gasteiger partial charge in [-0.1, -0.05) is 61.0 Å². The Kier molecular flexibility index (Phi) is 7.61. The first-order valence-corrected chi connectivity index (χ1v) is 14.0. The van der Waals surface area contributed by atoms with Gasteiger partial charge in [0.15, 0.2) is 17.3 Å². The molecule has 0 spiro atoms. The standard InChI is InChI=1S/C32H29F4N5O2/c1-18(20-8-5-9-20)37-27-26-28(39-29(38-27)31(42)43)40-30(41(26)17-19-10-13-23(14-11-19)32(34,35)36)22-12-15-24(25(33)16-22)21-6-3-2-4-7-21/h2-4,6-7,10-16,18,20,31,42-43H,5,8-9,17H2,1H3,(H,37,38,39)/t18-/m1/s1. The molecule has 3 N–H and O–H groups in total. The molecule has 7 nitrogen and oxygen atoms in total. The molecule has 1 aliphatic carbocycles. The second kappa shape index (κ2) is 11.4. The summed E-state index contributed by atoms with van der Waals surface area (Å²) in [6, 6.07) is 18.6. The van der Waals surface area contributed by atoms with E-state index in [1.807, 2.05) is 25.1 Å². The van der Waals surface area contributed by atoms with Crippen LogP contribution in [0.4, 0.5) is 23.4 Å². The quantitative estimate of drug-likeness (QED) is 0.134. The van der Waals surface area contributed by atoms with Crippen LogP contribution in [0.2, 0.25) is 0 Å². The van der Waals surface area contributed by atoms with E-state index >= 15 is 4.39 Å². The largest absolute Gasteiger partial charge is 0.416 e. The third kappa shape index (κ3) is 5.82. The van der Waals surface area contributed by atoms with Gasteiger partial charge in [0.05, 0.1) is 5.56 Å². The van der Waals surface area contributed by atoms with E-state index < -0.39 is 23.8 Å². The summed E-state index contributed by atoms with van der Waals surface area (Å²) in [5.41, 5.74) is 1.83. The Balaban J connectivity index is 1.51. The first kappa shape index (κ1) is 28.8. The number of rotatable bonds is 8. The summed E-state index contributed by atoms with van der Waals surface area (Å²) in [7, 11) is 0. The van der Waals surface area contributed by atoms with E-state index in [2.05, 4.69) is 20.3 Å². The van der Waals surface area contributed by atoms with Gasteiger partial charge in [-0.05, 0) is 55.0 Å². The van der Waals surface area contributed by atoms with Crippen molar-refractivity contribution in [2.24, 2.45) is 5.92 Å². The number of aliphatic hydroxyl groups is 2. The molecule has 2 aromatic heterocycles. The van der Waals surface area contributed by atoms with Crippen LogP contribution >= 0.6 is 0 Å². The van der Waals surface area contributed by atoms with Crippen molar-refractivity contribution in [3.63, 3.8) is 0 Å². The summed E-state index contributed by atoms with van der Waals surface area (Å²) in [4.78, 5) is 13.4. The average Bonchev–Trinajstić information content (AvgIpc) is 3.30. The minimum atomic E-state index is -4.48. The Morgan fingerprint density at radius 1 is 0.930 bits per heavy atom. The predicted octanol–water partition coefficient (Wildman–Crippen LogP) is 6.95. The third-order valence-electron chi connectivity index (χ3n) is 8.01. The number of imidazole rings is 1. The van der Waals surface area contributed by atoms with Gasteiger partial charge in [0.2, 0.25) is 6.29 Å². The molecule has 0 aliphatic heterocycles. The van der Waals surface area contributed by atoms with Crippen LogP contribution in [0.3, 0.4) is 0 Å². The summed E-state index contributed by atoms with van der Waals surface area (Å²) in [6.07, 6.45) is -3.23. The zero-order chi connectivity index (χ0) is 30.3.